The topological polar surface area (TPSA) is 146 Å². The molecule has 2 aromatic carbocycles. The molecule has 4 N–H and O–H groups in total. The number of aliphatic hydroxyl groups is 1. The highest BCUT2D eigenvalue weighted by Gasteiger charge is 2.22. The quantitative estimate of drug-likeness (QED) is 0.306. The lowest BCUT2D eigenvalue weighted by Gasteiger charge is -2.20. The van der Waals surface area contributed by atoms with Crippen LogP contribution in [0.5, 0.6) is 0 Å². The van der Waals surface area contributed by atoms with Crippen molar-refractivity contribution in [1.82, 2.24) is 29.3 Å². The van der Waals surface area contributed by atoms with Gasteiger partial charge in [-0.3, -0.25) is 14.3 Å². The van der Waals surface area contributed by atoms with E-state index in [2.05, 4.69) is 20.6 Å². The largest absolute Gasteiger partial charge is 0.392 e. The van der Waals surface area contributed by atoms with Crippen molar-refractivity contribution in [3.8, 4) is 11.4 Å². The fraction of sp³-hybridized carbons (Fsp3) is 0.222. The average Bonchev–Trinajstić information content (AvgIpc) is 3.49. The summed E-state index contributed by atoms with van der Waals surface area (Å²) in [5.74, 6) is -0.763. The standard InChI is InChI=1S/C27H27FN8O3/c1-27(2,3)16-10-15-12-30-36(26(39)23(15)19(28)11-16)21-7-5-6-20(18(21)14-37)35-13-17(24(29)38)25(33-35)31-22-8-9-34(4)32-22/h5-13,37H,14H2,1-4H3,(H2,29,38)(H,31,32,33). The van der Waals surface area contributed by atoms with Crippen LogP contribution in [0.2, 0.25) is 0 Å². The Kier molecular flexibility index (Phi) is 6.27. The molecule has 0 aliphatic carbocycles. The lowest BCUT2D eigenvalue weighted by Crippen LogP contribution is -2.24. The summed E-state index contributed by atoms with van der Waals surface area (Å²) in [7, 11) is 1.75. The normalized spacial score (nSPS) is 11.7. The Morgan fingerprint density at radius 2 is 1.90 bits per heavy atom. The minimum Gasteiger partial charge on any atom is -0.392 e. The number of rotatable bonds is 6. The zero-order chi connectivity index (χ0) is 28.1. The number of aliphatic hydroxyl groups excluding tert-OH is 1. The highest BCUT2D eigenvalue weighted by atomic mass is 19.1. The van der Waals surface area contributed by atoms with E-state index in [4.69, 9.17) is 5.73 Å². The number of carbonyl (C=O) groups excluding carboxylic acids is 1. The lowest BCUT2D eigenvalue weighted by atomic mass is 9.86. The van der Waals surface area contributed by atoms with Crippen molar-refractivity contribution in [1.29, 1.82) is 0 Å². The average molecular weight is 531 g/mol. The zero-order valence-electron chi connectivity index (χ0n) is 21.8. The fourth-order valence-corrected chi connectivity index (χ4v) is 4.35. The molecule has 0 aliphatic rings. The molecular weight excluding hydrogens is 503 g/mol. The Hall–Kier alpha value is -4.84. The minimum absolute atomic E-state index is 0.0904. The van der Waals surface area contributed by atoms with Gasteiger partial charge in [-0.2, -0.15) is 14.9 Å². The summed E-state index contributed by atoms with van der Waals surface area (Å²) in [5, 5.41) is 26.5. The van der Waals surface area contributed by atoms with E-state index in [9.17, 15) is 14.7 Å². The van der Waals surface area contributed by atoms with Crippen LogP contribution >= 0.6 is 0 Å². The van der Waals surface area contributed by atoms with E-state index >= 15 is 4.39 Å². The third kappa shape index (κ3) is 4.66. The predicted molar refractivity (Wildman–Crippen MR) is 144 cm³/mol. The number of fused-ring (bicyclic) bond motifs is 1. The van der Waals surface area contributed by atoms with Gasteiger partial charge in [0.05, 0.1) is 29.6 Å². The van der Waals surface area contributed by atoms with Crippen molar-refractivity contribution in [3.63, 3.8) is 0 Å². The number of nitrogens with one attached hydrogen (secondary N) is 1. The van der Waals surface area contributed by atoms with Crippen LogP contribution in [0.15, 0.2) is 59.8 Å². The second-order valence-electron chi connectivity index (χ2n) is 10.2. The molecule has 5 aromatic rings. The molecule has 0 saturated heterocycles. The molecule has 0 atom stereocenters. The molecule has 0 saturated carbocycles. The van der Waals surface area contributed by atoms with E-state index in [1.165, 1.54) is 23.1 Å². The maximum absolute atomic E-state index is 15.2. The first-order valence-electron chi connectivity index (χ1n) is 12.1. The van der Waals surface area contributed by atoms with Crippen LogP contribution in [0.4, 0.5) is 16.0 Å². The second kappa shape index (κ2) is 9.48. The third-order valence-corrected chi connectivity index (χ3v) is 6.40. The van der Waals surface area contributed by atoms with E-state index in [0.717, 1.165) is 10.2 Å². The number of anilines is 2. The molecule has 0 aliphatic heterocycles. The molecule has 11 nitrogen and oxygen atoms in total. The SMILES string of the molecule is Cn1ccc(Nc2nn(-c3cccc(-n4ncc5cc(C(C)(C)C)cc(F)c5c4=O)c3CO)cc2C(N)=O)n1. The van der Waals surface area contributed by atoms with Gasteiger partial charge in [0.1, 0.15) is 11.4 Å². The Morgan fingerprint density at radius 3 is 2.54 bits per heavy atom. The van der Waals surface area contributed by atoms with Crippen LogP contribution in [-0.4, -0.2) is 40.4 Å². The van der Waals surface area contributed by atoms with Gasteiger partial charge in [0.25, 0.3) is 11.5 Å². The molecule has 0 spiro atoms. The molecule has 200 valence electrons. The van der Waals surface area contributed by atoms with Gasteiger partial charge in [0.15, 0.2) is 11.6 Å². The number of amides is 1. The molecule has 12 heteroatoms. The maximum Gasteiger partial charge on any atom is 0.282 e. The number of aromatic nitrogens is 6. The highest BCUT2D eigenvalue weighted by molar-refractivity contribution is 5.98. The summed E-state index contributed by atoms with van der Waals surface area (Å²) < 4.78 is 19.2. The number of hydrogen-bond donors (Lipinski definition) is 3. The van der Waals surface area contributed by atoms with Gasteiger partial charge in [0, 0.05) is 36.5 Å². The van der Waals surface area contributed by atoms with Crippen LogP contribution in [-0.2, 0) is 19.1 Å². The first kappa shape index (κ1) is 25.8. The first-order chi connectivity index (χ1) is 18.5. The smallest absolute Gasteiger partial charge is 0.282 e. The van der Waals surface area contributed by atoms with Gasteiger partial charge in [-0.25, -0.2) is 9.07 Å². The summed E-state index contributed by atoms with van der Waals surface area (Å²) in [6.45, 7) is 5.37. The van der Waals surface area contributed by atoms with Gasteiger partial charge >= 0.3 is 0 Å². The van der Waals surface area contributed by atoms with Crippen molar-refractivity contribution in [2.24, 2.45) is 12.8 Å². The van der Waals surface area contributed by atoms with E-state index in [1.807, 2.05) is 20.8 Å². The molecule has 5 rings (SSSR count). The van der Waals surface area contributed by atoms with E-state index in [1.54, 1.807) is 48.3 Å². The molecular formula is C27H27FN8O3. The summed E-state index contributed by atoms with van der Waals surface area (Å²) in [6, 6.07) is 9.69. The molecule has 0 radical (unpaired) electrons. The van der Waals surface area contributed by atoms with Crippen molar-refractivity contribution in [3.05, 3.63) is 87.9 Å². The van der Waals surface area contributed by atoms with Crippen LogP contribution in [0.25, 0.3) is 22.1 Å². The molecule has 3 aromatic heterocycles. The van der Waals surface area contributed by atoms with E-state index < -0.39 is 23.9 Å². The summed E-state index contributed by atoms with van der Waals surface area (Å²) in [5.41, 5.74) is 6.30. The predicted octanol–water partition coefficient (Wildman–Crippen LogP) is 3.08. The van der Waals surface area contributed by atoms with E-state index in [-0.39, 0.29) is 33.4 Å². The van der Waals surface area contributed by atoms with Crippen LogP contribution < -0.4 is 16.6 Å². The molecule has 0 fully saturated rings. The Bertz CT molecular complexity index is 1800. The summed E-state index contributed by atoms with van der Waals surface area (Å²) in [6.07, 6.45) is 4.56. The van der Waals surface area contributed by atoms with Crippen molar-refractivity contribution < 1.29 is 14.3 Å². The zero-order valence-corrected chi connectivity index (χ0v) is 21.8. The second-order valence-corrected chi connectivity index (χ2v) is 10.2. The van der Waals surface area contributed by atoms with Crippen LogP contribution in [0, 0.1) is 5.82 Å². The molecule has 3 heterocycles. The van der Waals surface area contributed by atoms with Crippen molar-refractivity contribution in [2.75, 3.05) is 5.32 Å². The summed E-state index contributed by atoms with van der Waals surface area (Å²) >= 11 is 0. The van der Waals surface area contributed by atoms with Gasteiger partial charge in [0.2, 0.25) is 0 Å². The van der Waals surface area contributed by atoms with Crippen LogP contribution in [0.3, 0.4) is 0 Å². The number of benzene rings is 2. The Morgan fingerprint density at radius 1 is 1.15 bits per heavy atom. The summed E-state index contributed by atoms with van der Waals surface area (Å²) in [4.78, 5) is 25.6. The van der Waals surface area contributed by atoms with E-state index in [0.29, 0.717) is 16.9 Å². The molecule has 39 heavy (non-hydrogen) atoms. The molecule has 1 amide bonds. The Balaban J connectivity index is 1.64. The lowest BCUT2D eigenvalue weighted by molar-refractivity contribution is 0.100. The minimum atomic E-state index is -0.723. The van der Waals surface area contributed by atoms with Crippen molar-refractivity contribution >= 4 is 28.3 Å². The molecule has 0 bridgehead atoms. The van der Waals surface area contributed by atoms with Gasteiger partial charge in [-0.15, -0.1) is 5.10 Å². The number of aryl methyl sites for hydroxylation is 1. The highest BCUT2D eigenvalue weighted by Crippen LogP contribution is 2.28. The van der Waals surface area contributed by atoms with Gasteiger partial charge in [-0.1, -0.05) is 26.8 Å². The maximum atomic E-state index is 15.2. The number of primary amides is 1. The van der Waals surface area contributed by atoms with Crippen LogP contribution in [0.1, 0.15) is 42.3 Å². The monoisotopic (exact) mass is 530 g/mol. The first-order valence-corrected chi connectivity index (χ1v) is 12.1. The number of nitrogens with zero attached hydrogens (tertiary/aromatic N) is 6. The van der Waals surface area contributed by atoms with Crippen molar-refractivity contribution in [2.45, 2.75) is 32.8 Å². The Labute approximate surface area is 222 Å². The number of halogens is 1. The molecule has 0 unspecified atom stereocenters. The third-order valence-electron chi connectivity index (χ3n) is 6.40. The van der Waals surface area contributed by atoms with Gasteiger partial charge in [-0.05, 0) is 35.2 Å². The van der Waals surface area contributed by atoms with Gasteiger partial charge < -0.3 is 16.2 Å². The number of nitrogens with two attached hydrogens (primary N) is 1. The number of carbonyl (C=O) groups is 1. The fourth-order valence-electron chi connectivity index (χ4n) is 4.35. The number of hydrogen-bond acceptors (Lipinski definition) is 7.